The lowest BCUT2D eigenvalue weighted by molar-refractivity contribution is -0.115. The molecule has 0 saturated carbocycles. The molecule has 0 spiro atoms. The number of ether oxygens (including phenoxy) is 2. The molecule has 0 atom stereocenters. The average Bonchev–Trinajstić information content (AvgIpc) is 2.28. The van der Waals surface area contributed by atoms with E-state index in [9.17, 15) is 4.79 Å². The molecular formula is C11H15NO3. The van der Waals surface area contributed by atoms with Crippen LogP contribution in [0.1, 0.15) is 13.3 Å². The Balaban J connectivity index is 2.88. The maximum absolute atomic E-state index is 11.2. The number of amides is 1. The van der Waals surface area contributed by atoms with E-state index in [4.69, 9.17) is 9.47 Å². The van der Waals surface area contributed by atoms with E-state index < -0.39 is 0 Å². The highest BCUT2D eigenvalue weighted by Gasteiger charge is 2.05. The normalized spacial score (nSPS) is 9.53. The molecule has 4 heteroatoms. The first-order valence-electron chi connectivity index (χ1n) is 4.73. The molecule has 15 heavy (non-hydrogen) atoms. The Morgan fingerprint density at radius 1 is 1.27 bits per heavy atom. The summed E-state index contributed by atoms with van der Waals surface area (Å²) < 4.78 is 10.2. The minimum atomic E-state index is -0.0257. The number of hydrogen-bond donors (Lipinski definition) is 1. The van der Waals surface area contributed by atoms with Crippen molar-refractivity contribution in [3.63, 3.8) is 0 Å². The SMILES string of the molecule is CCC(=O)Nc1ccc(OC)c(OC)c1. The van der Waals surface area contributed by atoms with Crippen molar-refractivity contribution in [1.29, 1.82) is 0 Å². The minimum Gasteiger partial charge on any atom is -0.493 e. The van der Waals surface area contributed by atoms with E-state index in [1.54, 1.807) is 39.3 Å². The molecule has 1 amide bonds. The van der Waals surface area contributed by atoms with E-state index >= 15 is 0 Å². The van der Waals surface area contributed by atoms with Crippen LogP contribution in [0.4, 0.5) is 5.69 Å². The maximum atomic E-state index is 11.2. The van der Waals surface area contributed by atoms with Crippen LogP contribution in [0.5, 0.6) is 11.5 Å². The summed E-state index contributed by atoms with van der Waals surface area (Å²) in [6.07, 6.45) is 0.453. The summed E-state index contributed by atoms with van der Waals surface area (Å²) >= 11 is 0. The highest BCUT2D eigenvalue weighted by Crippen LogP contribution is 2.29. The maximum Gasteiger partial charge on any atom is 0.224 e. The van der Waals surface area contributed by atoms with Crippen LogP contribution in [0.15, 0.2) is 18.2 Å². The van der Waals surface area contributed by atoms with Crippen molar-refractivity contribution in [2.75, 3.05) is 19.5 Å². The van der Waals surface area contributed by atoms with Crippen molar-refractivity contribution in [3.05, 3.63) is 18.2 Å². The lowest BCUT2D eigenvalue weighted by Crippen LogP contribution is -2.09. The number of carbonyl (C=O) groups excluding carboxylic acids is 1. The second-order valence-corrected chi connectivity index (χ2v) is 2.97. The molecule has 1 rings (SSSR count). The lowest BCUT2D eigenvalue weighted by atomic mass is 10.2. The van der Waals surface area contributed by atoms with Crippen LogP contribution in [0, 0.1) is 0 Å². The van der Waals surface area contributed by atoms with Gasteiger partial charge in [-0.25, -0.2) is 0 Å². The van der Waals surface area contributed by atoms with Crippen molar-refractivity contribution >= 4 is 11.6 Å². The van der Waals surface area contributed by atoms with Gasteiger partial charge in [-0.15, -0.1) is 0 Å². The van der Waals surface area contributed by atoms with Crippen LogP contribution in [0.2, 0.25) is 0 Å². The summed E-state index contributed by atoms with van der Waals surface area (Å²) in [5.74, 6) is 1.22. The van der Waals surface area contributed by atoms with Gasteiger partial charge in [-0.3, -0.25) is 4.79 Å². The topological polar surface area (TPSA) is 47.6 Å². The third-order valence-corrected chi connectivity index (χ3v) is 1.99. The quantitative estimate of drug-likeness (QED) is 0.825. The number of nitrogens with one attached hydrogen (secondary N) is 1. The molecule has 0 aromatic heterocycles. The first-order valence-corrected chi connectivity index (χ1v) is 4.73. The first kappa shape index (κ1) is 11.4. The first-order chi connectivity index (χ1) is 7.21. The van der Waals surface area contributed by atoms with Gasteiger partial charge in [0.15, 0.2) is 11.5 Å². The molecule has 1 N–H and O–H groups in total. The van der Waals surface area contributed by atoms with Gasteiger partial charge in [0.1, 0.15) is 0 Å². The smallest absolute Gasteiger partial charge is 0.224 e. The molecule has 1 aromatic carbocycles. The summed E-state index contributed by atoms with van der Waals surface area (Å²) in [5.41, 5.74) is 0.708. The largest absolute Gasteiger partial charge is 0.493 e. The standard InChI is InChI=1S/C11H15NO3/c1-4-11(13)12-8-5-6-9(14-2)10(7-8)15-3/h5-7H,4H2,1-3H3,(H,12,13). The second kappa shape index (κ2) is 5.24. The molecule has 0 bridgehead atoms. The number of benzene rings is 1. The fourth-order valence-corrected chi connectivity index (χ4v) is 1.16. The molecule has 0 unspecified atom stereocenters. The number of rotatable bonds is 4. The molecule has 82 valence electrons. The van der Waals surface area contributed by atoms with Gasteiger partial charge in [-0.05, 0) is 12.1 Å². The van der Waals surface area contributed by atoms with Crippen LogP contribution in [0.3, 0.4) is 0 Å². The zero-order chi connectivity index (χ0) is 11.3. The summed E-state index contributed by atoms with van der Waals surface area (Å²) in [6.45, 7) is 1.80. The van der Waals surface area contributed by atoms with Gasteiger partial charge in [-0.2, -0.15) is 0 Å². The number of methoxy groups -OCH3 is 2. The monoisotopic (exact) mass is 209 g/mol. The molecule has 0 aliphatic carbocycles. The number of anilines is 1. The highest BCUT2D eigenvalue weighted by atomic mass is 16.5. The van der Waals surface area contributed by atoms with Crippen LogP contribution in [-0.2, 0) is 4.79 Å². The molecule has 0 saturated heterocycles. The van der Waals surface area contributed by atoms with E-state index in [0.29, 0.717) is 23.6 Å². The van der Waals surface area contributed by atoms with E-state index in [-0.39, 0.29) is 5.91 Å². The Morgan fingerprint density at radius 3 is 2.47 bits per heavy atom. The third kappa shape index (κ3) is 2.87. The van der Waals surface area contributed by atoms with Crippen LogP contribution >= 0.6 is 0 Å². The van der Waals surface area contributed by atoms with Gasteiger partial charge in [0.25, 0.3) is 0 Å². The fraction of sp³-hybridized carbons (Fsp3) is 0.364. The van der Waals surface area contributed by atoms with Crippen LogP contribution in [0.25, 0.3) is 0 Å². The Hall–Kier alpha value is -1.71. The van der Waals surface area contributed by atoms with Gasteiger partial charge < -0.3 is 14.8 Å². The fourth-order valence-electron chi connectivity index (χ4n) is 1.16. The second-order valence-electron chi connectivity index (χ2n) is 2.97. The van der Waals surface area contributed by atoms with E-state index in [1.807, 2.05) is 0 Å². The zero-order valence-electron chi connectivity index (χ0n) is 9.16. The summed E-state index contributed by atoms with van der Waals surface area (Å²) in [6, 6.07) is 5.26. The molecule has 4 nitrogen and oxygen atoms in total. The predicted molar refractivity (Wildman–Crippen MR) is 58.5 cm³/mol. The Bertz CT molecular complexity index is 350. The van der Waals surface area contributed by atoms with Gasteiger partial charge in [0.05, 0.1) is 14.2 Å². The predicted octanol–water partition coefficient (Wildman–Crippen LogP) is 2.05. The van der Waals surface area contributed by atoms with Crippen molar-refractivity contribution < 1.29 is 14.3 Å². The van der Waals surface area contributed by atoms with E-state index in [0.717, 1.165) is 0 Å². The van der Waals surface area contributed by atoms with Gasteiger partial charge in [0, 0.05) is 18.2 Å². The molecule has 0 radical (unpaired) electrons. The summed E-state index contributed by atoms with van der Waals surface area (Å²) in [7, 11) is 3.13. The molecule has 0 fully saturated rings. The third-order valence-electron chi connectivity index (χ3n) is 1.99. The summed E-state index contributed by atoms with van der Waals surface area (Å²) in [4.78, 5) is 11.2. The Morgan fingerprint density at radius 2 is 1.93 bits per heavy atom. The number of carbonyl (C=O) groups is 1. The van der Waals surface area contributed by atoms with Crippen molar-refractivity contribution in [1.82, 2.24) is 0 Å². The van der Waals surface area contributed by atoms with E-state index in [2.05, 4.69) is 5.32 Å². The van der Waals surface area contributed by atoms with Gasteiger partial charge in [-0.1, -0.05) is 6.92 Å². The van der Waals surface area contributed by atoms with Crippen LogP contribution < -0.4 is 14.8 Å². The summed E-state index contributed by atoms with van der Waals surface area (Å²) in [5, 5.41) is 2.74. The highest BCUT2D eigenvalue weighted by molar-refractivity contribution is 5.90. The lowest BCUT2D eigenvalue weighted by Gasteiger charge is -2.09. The van der Waals surface area contributed by atoms with Crippen molar-refractivity contribution in [2.24, 2.45) is 0 Å². The van der Waals surface area contributed by atoms with Crippen molar-refractivity contribution in [3.8, 4) is 11.5 Å². The molecule has 1 aromatic rings. The van der Waals surface area contributed by atoms with Crippen LogP contribution in [-0.4, -0.2) is 20.1 Å². The molecular weight excluding hydrogens is 194 g/mol. The van der Waals surface area contributed by atoms with Gasteiger partial charge >= 0.3 is 0 Å². The Labute approximate surface area is 89.2 Å². The Kier molecular flexibility index (Phi) is 3.97. The zero-order valence-corrected chi connectivity index (χ0v) is 9.16. The van der Waals surface area contributed by atoms with E-state index in [1.165, 1.54) is 0 Å². The average molecular weight is 209 g/mol. The molecule has 0 aliphatic heterocycles. The molecule has 0 heterocycles. The van der Waals surface area contributed by atoms with Crippen molar-refractivity contribution in [2.45, 2.75) is 13.3 Å². The van der Waals surface area contributed by atoms with Gasteiger partial charge in [0.2, 0.25) is 5.91 Å². The minimum absolute atomic E-state index is 0.0257. The molecule has 0 aliphatic rings. The number of hydrogen-bond acceptors (Lipinski definition) is 3.